The van der Waals surface area contributed by atoms with Crippen molar-refractivity contribution < 1.29 is 22.3 Å². The lowest BCUT2D eigenvalue weighted by molar-refractivity contribution is -0.141. The molecule has 0 aliphatic heterocycles. The van der Waals surface area contributed by atoms with Gasteiger partial charge in [0.15, 0.2) is 17.3 Å². The smallest absolute Gasteiger partial charge is 0.435 e. The number of aromatic nitrogens is 2. The summed E-state index contributed by atoms with van der Waals surface area (Å²) < 4.78 is 56.9. The Hall–Kier alpha value is -1.76. The molecule has 3 nitrogen and oxygen atoms in total. The molecule has 1 aromatic carbocycles. The molecule has 0 atom stereocenters. The molecular weight excluding hydrogens is 300 g/mol. The van der Waals surface area contributed by atoms with Crippen LogP contribution in [0.3, 0.4) is 0 Å². The van der Waals surface area contributed by atoms with E-state index in [9.17, 15) is 17.6 Å². The topological polar surface area (TPSA) is 27.1 Å². The van der Waals surface area contributed by atoms with Crippen LogP contribution in [-0.4, -0.2) is 16.4 Å². The number of nitrogens with zero attached hydrogens (tertiary/aromatic N) is 2. The van der Waals surface area contributed by atoms with E-state index in [2.05, 4.69) is 5.10 Å². The molecule has 0 amide bonds. The predicted octanol–water partition coefficient (Wildman–Crippen LogP) is 4.08. The lowest BCUT2D eigenvalue weighted by Gasteiger charge is -2.10. The van der Waals surface area contributed by atoms with Gasteiger partial charge in [0, 0.05) is 12.3 Å². The molecule has 0 spiro atoms. The quantitative estimate of drug-likeness (QED) is 0.799. The van der Waals surface area contributed by atoms with E-state index < -0.39 is 17.7 Å². The molecule has 0 N–H and O–H groups in total. The van der Waals surface area contributed by atoms with Crippen LogP contribution < -0.4 is 4.74 Å². The van der Waals surface area contributed by atoms with Gasteiger partial charge in [0.25, 0.3) is 0 Å². The van der Waals surface area contributed by atoms with Crippen LogP contribution >= 0.6 is 11.6 Å². The fourth-order valence-corrected chi connectivity index (χ4v) is 1.81. The molecule has 2 aromatic rings. The lowest BCUT2D eigenvalue weighted by atomic mass is 10.3. The Labute approximate surface area is 116 Å². The maximum atomic E-state index is 13.5. The van der Waals surface area contributed by atoms with Crippen molar-refractivity contribution in [3.63, 3.8) is 0 Å². The standard InChI is InChI=1S/C12H9ClF4N2O/c1-2-20-10-6-9(7(13)5-8(10)14)19-4-3-11(18-19)12(15,16)17/h3-6H,2H2,1H3. The molecule has 0 aliphatic carbocycles. The van der Waals surface area contributed by atoms with Gasteiger partial charge in [-0.3, -0.25) is 0 Å². The molecule has 0 bridgehead atoms. The predicted molar refractivity (Wildman–Crippen MR) is 64.7 cm³/mol. The first-order valence-electron chi connectivity index (χ1n) is 5.58. The van der Waals surface area contributed by atoms with Crippen molar-refractivity contribution >= 4 is 11.6 Å². The molecule has 0 aliphatic rings. The van der Waals surface area contributed by atoms with E-state index in [1.54, 1.807) is 6.92 Å². The largest absolute Gasteiger partial charge is 0.491 e. The molecule has 0 fully saturated rings. The minimum atomic E-state index is -4.56. The first kappa shape index (κ1) is 14.6. The van der Waals surface area contributed by atoms with Gasteiger partial charge in [-0.2, -0.15) is 18.3 Å². The first-order chi connectivity index (χ1) is 9.32. The summed E-state index contributed by atoms with van der Waals surface area (Å²) >= 11 is 5.82. The number of benzene rings is 1. The van der Waals surface area contributed by atoms with Gasteiger partial charge in [-0.1, -0.05) is 11.6 Å². The Morgan fingerprint density at radius 2 is 2.05 bits per heavy atom. The number of ether oxygens (including phenoxy) is 1. The van der Waals surface area contributed by atoms with Gasteiger partial charge in [-0.25, -0.2) is 9.07 Å². The summed E-state index contributed by atoms with van der Waals surface area (Å²) in [5.41, 5.74) is -0.956. The van der Waals surface area contributed by atoms with Crippen molar-refractivity contribution in [1.82, 2.24) is 9.78 Å². The molecule has 0 saturated carbocycles. The average Bonchev–Trinajstić information content (AvgIpc) is 2.81. The maximum Gasteiger partial charge on any atom is 0.435 e. The van der Waals surface area contributed by atoms with Crippen molar-refractivity contribution in [2.45, 2.75) is 13.1 Å². The molecule has 20 heavy (non-hydrogen) atoms. The third kappa shape index (κ3) is 2.87. The molecular formula is C12H9ClF4N2O. The number of hydrogen-bond acceptors (Lipinski definition) is 2. The zero-order valence-corrected chi connectivity index (χ0v) is 11.0. The fourth-order valence-electron chi connectivity index (χ4n) is 1.57. The molecule has 8 heteroatoms. The van der Waals surface area contributed by atoms with E-state index in [1.807, 2.05) is 0 Å². The van der Waals surface area contributed by atoms with Crippen LogP contribution in [-0.2, 0) is 6.18 Å². The Balaban J connectivity index is 2.47. The molecule has 108 valence electrons. The van der Waals surface area contributed by atoms with Gasteiger partial charge in [0.05, 0.1) is 17.3 Å². The van der Waals surface area contributed by atoms with E-state index in [4.69, 9.17) is 16.3 Å². The van der Waals surface area contributed by atoms with Gasteiger partial charge in [0.1, 0.15) is 0 Å². The summed E-state index contributed by atoms with van der Waals surface area (Å²) in [6, 6.07) is 2.98. The van der Waals surface area contributed by atoms with Gasteiger partial charge < -0.3 is 4.74 Å². The van der Waals surface area contributed by atoms with E-state index in [0.717, 1.165) is 23.0 Å². The van der Waals surface area contributed by atoms with Gasteiger partial charge >= 0.3 is 6.18 Å². The summed E-state index contributed by atoms with van der Waals surface area (Å²) in [5, 5.41) is 3.31. The van der Waals surface area contributed by atoms with Crippen LogP contribution in [0.5, 0.6) is 5.75 Å². The highest BCUT2D eigenvalue weighted by molar-refractivity contribution is 6.32. The normalized spacial score (nSPS) is 11.7. The van der Waals surface area contributed by atoms with Crippen LogP contribution in [0.2, 0.25) is 5.02 Å². The monoisotopic (exact) mass is 308 g/mol. The van der Waals surface area contributed by atoms with E-state index >= 15 is 0 Å². The van der Waals surface area contributed by atoms with Crippen molar-refractivity contribution in [1.29, 1.82) is 0 Å². The molecule has 1 aromatic heterocycles. The van der Waals surface area contributed by atoms with E-state index in [0.29, 0.717) is 0 Å². The lowest BCUT2D eigenvalue weighted by Crippen LogP contribution is -2.07. The van der Waals surface area contributed by atoms with Crippen molar-refractivity contribution in [3.8, 4) is 11.4 Å². The third-order valence-electron chi connectivity index (χ3n) is 2.43. The van der Waals surface area contributed by atoms with Crippen molar-refractivity contribution in [3.05, 3.63) is 40.9 Å². The zero-order valence-electron chi connectivity index (χ0n) is 10.2. The Bertz CT molecular complexity index is 624. The number of halogens is 5. The number of hydrogen-bond donors (Lipinski definition) is 0. The van der Waals surface area contributed by atoms with Gasteiger partial charge in [-0.05, 0) is 19.1 Å². The molecule has 1 heterocycles. The van der Waals surface area contributed by atoms with Crippen LogP contribution in [0.4, 0.5) is 17.6 Å². The summed E-state index contributed by atoms with van der Waals surface area (Å²) in [7, 11) is 0. The molecule has 2 rings (SSSR count). The Kier molecular flexibility index (Phi) is 3.89. The second-order valence-electron chi connectivity index (χ2n) is 3.81. The summed E-state index contributed by atoms with van der Waals surface area (Å²) in [5.74, 6) is -0.792. The Morgan fingerprint density at radius 1 is 1.35 bits per heavy atom. The highest BCUT2D eigenvalue weighted by atomic mass is 35.5. The van der Waals surface area contributed by atoms with Crippen LogP contribution in [0.15, 0.2) is 24.4 Å². The van der Waals surface area contributed by atoms with Crippen molar-refractivity contribution in [2.24, 2.45) is 0 Å². The van der Waals surface area contributed by atoms with Crippen molar-refractivity contribution in [2.75, 3.05) is 6.61 Å². The summed E-state index contributed by atoms with van der Waals surface area (Å²) in [6.07, 6.45) is -3.46. The third-order valence-corrected chi connectivity index (χ3v) is 2.73. The first-order valence-corrected chi connectivity index (χ1v) is 5.95. The van der Waals surface area contributed by atoms with Crippen LogP contribution in [0.1, 0.15) is 12.6 Å². The second-order valence-corrected chi connectivity index (χ2v) is 4.22. The molecule has 0 saturated heterocycles. The second kappa shape index (κ2) is 5.32. The number of rotatable bonds is 3. The maximum absolute atomic E-state index is 13.5. The Morgan fingerprint density at radius 3 is 2.60 bits per heavy atom. The SMILES string of the molecule is CCOc1cc(-n2ccc(C(F)(F)F)n2)c(Cl)cc1F. The zero-order chi connectivity index (χ0) is 14.9. The van der Waals surface area contributed by atoms with E-state index in [-0.39, 0.29) is 23.1 Å². The van der Waals surface area contributed by atoms with Crippen LogP contribution in [0, 0.1) is 5.82 Å². The number of alkyl halides is 3. The average molecular weight is 309 g/mol. The highest BCUT2D eigenvalue weighted by Crippen LogP contribution is 2.31. The van der Waals surface area contributed by atoms with E-state index in [1.165, 1.54) is 6.07 Å². The minimum Gasteiger partial charge on any atom is -0.491 e. The molecule has 0 unspecified atom stereocenters. The van der Waals surface area contributed by atoms with Gasteiger partial charge in [-0.15, -0.1) is 0 Å². The fraction of sp³-hybridized carbons (Fsp3) is 0.250. The molecule has 0 radical (unpaired) electrons. The highest BCUT2D eigenvalue weighted by Gasteiger charge is 2.33. The van der Waals surface area contributed by atoms with Crippen LogP contribution in [0.25, 0.3) is 5.69 Å². The minimum absolute atomic E-state index is 0.0669. The summed E-state index contributed by atoms with van der Waals surface area (Å²) in [4.78, 5) is 0. The summed E-state index contributed by atoms with van der Waals surface area (Å²) in [6.45, 7) is 1.87. The van der Waals surface area contributed by atoms with Gasteiger partial charge in [0.2, 0.25) is 0 Å².